The lowest BCUT2D eigenvalue weighted by molar-refractivity contribution is -0.00417. The quantitative estimate of drug-likeness (QED) is 0.611. The summed E-state index contributed by atoms with van der Waals surface area (Å²) in [6.07, 6.45) is 1.65. The van der Waals surface area contributed by atoms with Crippen molar-refractivity contribution >= 4 is 0 Å². The Balaban J connectivity index is 4.82. The van der Waals surface area contributed by atoms with Gasteiger partial charge in [0.05, 0.1) is 22.3 Å². The second-order valence-corrected chi connectivity index (χ2v) is 8.11. The largest absolute Gasteiger partial charge is 0.379 e. The molecule has 0 atom stereocenters. The van der Waals surface area contributed by atoms with Crippen LogP contribution in [0.1, 0.15) is 68.2 Å². The number of azo groups is 1. The Morgan fingerprint density at radius 1 is 0.600 bits per heavy atom. The Morgan fingerprint density at radius 3 is 1.05 bits per heavy atom. The number of ether oxygens (including phenoxy) is 2. The molecule has 0 amide bonds. The molecule has 0 rings (SSSR count). The van der Waals surface area contributed by atoms with E-state index in [1.54, 1.807) is 14.2 Å². The molecule has 0 spiro atoms. The minimum Gasteiger partial charge on any atom is -0.379 e. The third-order valence-electron chi connectivity index (χ3n) is 3.41. The van der Waals surface area contributed by atoms with Crippen LogP contribution >= 0.6 is 0 Å². The van der Waals surface area contributed by atoms with Crippen LogP contribution in [0, 0.1) is 0 Å². The Bertz CT molecular complexity index is 299. The molecule has 0 saturated heterocycles. The highest BCUT2D eigenvalue weighted by Gasteiger charge is 2.32. The van der Waals surface area contributed by atoms with E-state index in [-0.39, 0.29) is 22.3 Å². The Kier molecular flexibility index (Phi) is 6.37. The summed E-state index contributed by atoms with van der Waals surface area (Å²) in [5, 5.41) is 9.14. The highest BCUT2D eigenvalue weighted by atomic mass is 16.5. The molecule has 0 aliphatic rings. The maximum Gasteiger partial charge on any atom is 0.0787 e. The Labute approximate surface area is 125 Å². The molecule has 0 aliphatic heterocycles. The molecule has 0 aliphatic carbocycles. The van der Waals surface area contributed by atoms with Gasteiger partial charge in [-0.3, -0.25) is 0 Å². The molecule has 0 aromatic rings. The fraction of sp³-hybridized carbons (Fsp3) is 1.00. The van der Waals surface area contributed by atoms with Crippen molar-refractivity contribution in [1.29, 1.82) is 0 Å². The molecule has 120 valence electrons. The van der Waals surface area contributed by atoms with Gasteiger partial charge >= 0.3 is 0 Å². The number of nitrogens with zero attached hydrogens (tertiary/aromatic N) is 2. The zero-order valence-corrected chi connectivity index (χ0v) is 15.1. The molecular formula is C16H34N2O2. The summed E-state index contributed by atoms with van der Waals surface area (Å²) >= 11 is 0. The monoisotopic (exact) mass is 286 g/mol. The van der Waals surface area contributed by atoms with E-state index in [0.717, 1.165) is 12.8 Å². The van der Waals surface area contributed by atoms with Crippen molar-refractivity contribution < 1.29 is 9.47 Å². The number of hydrogen-bond acceptors (Lipinski definition) is 4. The van der Waals surface area contributed by atoms with Gasteiger partial charge in [0.2, 0.25) is 0 Å². The summed E-state index contributed by atoms with van der Waals surface area (Å²) in [7, 11) is 3.47. The minimum absolute atomic E-state index is 0.196. The van der Waals surface area contributed by atoms with E-state index in [4.69, 9.17) is 9.47 Å². The molecule has 0 saturated carbocycles. The van der Waals surface area contributed by atoms with E-state index in [0.29, 0.717) is 0 Å². The van der Waals surface area contributed by atoms with Crippen molar-refractivity contribution in [3.63, 3.8) is 0 Å². The fourth-order valence-electron chi connectivity index (χ4n) is 2.57. The van der Waals surface area contributed by atoms with Gasteiger partial charge in [-0.05, 0) is 55.4 Å². The molecule has 0 unspecified atom stereocenters. The predicted molar refractivity (Wildman–Crippen MR) is 84.4 cm³/mol. The van der Waals surface area contributed by atoms with Crippen LogP contribution in [0.15, 0.2) is 10.2 Å². The molecule has 0 heterocycles. The first kappa shape index (κ1) is 19.5. The first-order valence-corrected chi connectivity index (χ1v) is 7.29. The summed E-state index contributed by atoms with van der Waals surface area (Å²) in [6, 6.07) is 0. The summed E-state index contributed by atoms with van der Waals surface area (Å²) in [5.74, 6) is 0. The lowest BCUT2D eigenvalue weighted by Crippen LogP contribution is -2.35. The van der Waals surface area contributed by atoms with Crippen molar-refractivity contribution in [2.75, 3.05) is 14.2 Å². The van der Waals surface area contributed by atoms with Crippen LogP contribution < -0.4 is 0 Å². The van der Waals surface area contributed by atoms with Crippen LogP contribution in [0.4, 0.5) is 0 Å². The van der Waals surface area contributed by atoms with Crippen LogP contribution in [0.5, 0.6) is 0 Å². The SMILES string of the molecule is COC(C)(C)CC(C)(C)N=NC(C)(C)CC(C)(C)OC. The van der Waals surface area contributed by atoms with E-state index in [9.17, 15) is 0 Å². The topological polar surface area (TPSA) is 43.2 Å². The van der Waals surface area contributed by atoms with Crippen LogP contribution in [0.2, 0.25) is 0 Å². The third kappa shape index (κ3) is 7.95. The number of methoxy groups -OCH3 is 2. The highest BCUT2D eigenvalue weighted by molar-refractivity contribution is 4.89. The molecular weight excluding hydrogens is 252 g/mol. The van der Waals surface area contributed by atoms with E-state index < -0.39 is 0 Å². The lowest BCUT2D eigenvalue weighted by Gasteiger charge is -2.33. The van der Waals surface area contributed by atoms with Crippen LogP contribution in [-0.2, 0) is 9.47 Å². The molecule has 4 nitrogen and oxygen atoms in total. The van der Waals surface area contributed by atoms with Gasteiger partial charge in [0.1, 0.15) is 0 Å². The number of rotatable bonds is 8. The molecule has 0 bridgehead atoms. The maximum absolute atomic E-state index is 5.48. The summed E-state index contributed by atoms with van der Waals surface area (Å²) < 4.78 is 11.0. The first-order chi connectivity index (χ1) is 8.74. The Hall–Kier alpha value is -0.480. The van der Waals surface area contributed by atoms with Gasteiger partial charge in [0, 0.05) is 27.1 Å². The zero-order valence-electron chi connectivity index (χ0n) is 15.1. The van der Waals surface area contributed by atoms with E-state index >= 15 is 0 Å². The number of hydrogen-bond donors (Lipinski definition) is 0. The molecule has 0 radical (unpaired) electrons. The molecule has 0 N–H and O–H groups in total. The smallest absolute Gasteiger partial charge is 0.0787 e. The molecule has 4 heteroatoms. The van der Waals surface area contributed by atoms with Crippen LogP contribution in [0.25, 0.3) is 0 Å². The summed E-state index contributed by atoms with van der Waals surface area (Å²) in [4.78, 5) is 0. The van der Waals surface area contributed by atoms with Gasteiger partial charge < -0.3 is 9.47 Å². The average molecular weight is 286 g/mol. The van der Waals surface area contributed by atoms with Crippen LogP contribution in [-0.4, -0.2) is 36.5 Å². The van der Waals surface area contributed by atoms with Gasteiger partial charge in [-0.15, -0.1) is 0 Å². The molecule has 0 fully saturated rings. The van der Waals surface area contributed by atoms with Gasteiger partial charge in [0.15, 0.2) is 0 Å². The first-order valence-electron chi connectivity index (χ1n) is 7.29. The van der Waals surface area contributed by atoms with Crippen molar-refractivity contribution in [3.8, 4) is 0 Å². The van der Waals surface area contributed by atoms with Crippen LogP contribution in [0.3, 0.4) is 0 Å². The summed E-state index contributed by atoms with van der Waals surface area (Å²) in [5.41, 5.74) is -0.876. The molecule has 0 aromatic heterocycles. The normalized spacial score (nSPS) is 15.1. The minimum atomic E-state index is -0.242. The van der Waals surface area contributed by atoms with Crippen molar-refractivity contribution in [3.05, 3.63) is 0 Å². The summed E-state index contributed by atoms with van der Waals surface area (Å²) in [6.45, 7) is 16.7. The maximum atomic E-state index is 5.48. The molecule has 20 heavy (non-hydrogen) atoms. The lowest BCUT2D eigenvalue weighted by atomic mass is 9.89. The second kappa shape index (κ2) is 6.52. The van der Waals surface area contributed by atoms with Gasteiger partial charge in [-0.1, -0.05) is 0 Å². The van der Waals surface area contributed by atoms with Gasteiger partial charge in [-0.25, -0.2) is 0 Å². The van der Waals surface area contributed by atoms with Gasteiger partial charge in [0.25, 0.3) is 0 Å². The standard InChI is InChI=1S/C16H34N2O2/c1-13(2,11-15(5,6)19-9)17-18-14(3,4)12-16(7,8)20-10/h11-12H2,1-10H3. The van der Waals surface area contributed by atoms with Gasteiger partial charge in [-0.2, -0.15) is 10.2 Å². The second-order valence-electron chi connectivity index (χ2n) is 8.11. The third-order valence-corrected chi connectivity index (χ3v) is 3.41. The average Bonchev–Trinajstić information content (AvgIpc) is 2.24. The molecule has 0 aromatic carbocycles. The van der Waals surface area contributed by atoms with E-state index in [2.05, 4.69) is 65.6 Å². The van der Waals surface area contributed by atoms with E-state index in [1.807, 2.05) is 0 Å². The van der Waals surface area contributed by atoms with Crippen molar-refractivity contribution in [2.24, 2.45) is 10.2 Å². The van der Waals surface area contributed by atoms with E-state index in [1.165, 1.54) is 0 Å². The Morgan fingerprint density at radius 2 is 0.850 bits per heavy atom. The fourth-order valence-corrected chi connectivity index (χ4v) is 2.57. The van der Waals surface area contributed by atoms with Crippen molar-refractivity contribution in [2.45, 2.75) is 90.5 Å². The predicted octanol–water partition coefficient (Wildman–Crippen LogP) is 4.63. The highest BCUT2D eigenvalue weighted by Crippen LogP contribution is 2.30. The van der Waals surface area contributed by atoms with Crippen molar-refractivity contribution in [1.82, 2.24) is 0 Å². The zero-order chi connectivity index (χ0) is 16.2.